The molecule has 8 heteroatoms. The molecule has 1 aliphatic heterocycles. The van der Waals surface area contributed by atoms with Crippen molar-refractivity contribution in [1.29, 1.82) is 0 Å². The van der Waals surface area contributed by atoms with Gasteiger partial charge in [-0.2, -0.15) is 0 Å². The Morgan fingerprint density at radius 1 is 1.12 bits per heavy atom. The number of rotatable bonds is 8. The molecule has 178 valence electrons. The van der Waals surface area contributed by atoms with Gasteiger partial charge in [-0.05, 0) is 62.8 Å². The lowest BCUT2D eigenvalue weighted by Crippen LogP contribution is -2.33. The Bertz CT molecular complexity index is 1240. The third kappa shape index (κ3) is 4.40. The maximum Gasteiger partial charge on any atom is 0.295 e. The Hall–Kier alpha value is -2.97. The molecule has 4 rings (SSSR count). The summed E-state index contributed by atoms with van der Waals surface area (Å²) in [4.78, 5) is 34.9. The van der Waals surface area contributed by atoms with E-state index in [9.17, 15) is 14.7 Å². The van der Waals surface area contributed by atoms with Crippen LogP contribution in [0.1, 0.15) is 43.3 Å². The Morgan fingerprint density at radius 2 is 1.82 bits per heavy atom. The molecule has 2 aromatic heterocycles. The number of pyridine rings is 1. The molecular weight excluding hydrogens is 496 g/mol. The number of fused-ring (bicyclic) bond motifs is 1. The van der Waals surface area contributed by atoms with E-state index in [-0.39, 0.29) is 11.3 Å². The summed E-state index contributed by atoms with van der Waals surface area (Å²) in [6.07, 6.45) is 2.52. The number of amides is 1. The van der Waals surface area contributed by atoms with Crippen LogP contribution in [0.2, 0.25) is 0 Å². The molecule has 1 atom stereocenters. The van der Waals surface area contributed by atoms with Gasteiger partial charge in [-0.1, -0.05) is 48.0 Å². The highest BCUT2D eigenvalue weighted by Crippen LogP contribution is 2.40. The van der Waals surface area contributed by atoms with Crippen LogP contribution in [0.4, 0.5) is 0 Å². The van der Waals surface area contributed by atoms with Crippen LogP contribution in [-0.4, -0.2) is 62.2 Å². The summed E-state index contributed by atoms with van der Waals surface area (Å²) in [5, 5.41) is 11.5. The van der Waals surface area contributed by atoms with Crippen molar-refractivity contribution in [3.05, 3.63) is 75.7 Å². The third-order valence-corrected chi connectivity index (χ3v) is 6.95. The topological polar surface area (TPSA) is 78.2 Å². The SMILES string of the molecule is CCN(CC)CCCN1C(=O)C(=O)/C(=C(/O)c2c(C)nc3ccccn23)C1c1ccc(Br)cc1. The molecule has 0 bridgehead atoms. The summed E-state index contributed by atoms with van der Waals surface area (Å²) in [6.45, 7) is 9.11. The van der Waals surface area contributed by atoms with Gasteiger partial charge >= 0.3 is 0 Å². The summed E-state index contributed by atoms with van der Waals surface area (Å²) < 4.78 is 2.64. The Labute approximate surface area is 207 Å². The molecule has 0 saturated carbocycles. The lowest BCUT2D eigenvalue weighted by atomic mass is 9.96. The van der Waals surface area contributed by atoms with Crippen LogP contribution in [0.15, 0.2) is 58.7 Å². The standard InChI is InChI=1S/C26H29BrN4O3/c1-4-29(5-2)14-8-16-31-23(18-10-12-19(27)13-11-18)21(25(33)26(31)34)24(32)22-17(3)28-20-9-6-7-15-30(20)22/h6-7,9-13,15,23,32H,4-5,8,14,16H2,1-3H3/b24-21+. The Morgan fingerprint density at radius 3 is 2.50 bits per heavy atom. The van der Waals surface area contributed by atoms with Crippen molar-refractivity contribution in [3.8, 4) is 0 Å². The quantitative estimate of drug-likeness (QED) is 0.265. The highest BCUT2D eigenvalue weighted by Gasteiger charge is 2.46. The zero-order valence-electron chi connectivity index (χ0n) is 19.7. The van der Waals surface area contributed by atoms with Crippen molar-refractivity contribution < 1.29 is 14.7 Å². The fraction of sp³-hybridized carbons (Fsp3) is 0.346. The molecule has 1 saturated heterocycles. The monoisotopic (exact) mass is 524 g/mol. The van der Waals surface area contributed by atoms with Crippen molar-refractivity contribution in [3.63, 3.8) is 0 Å². The van der Waals surface area contributed by atoms with Gasteiger partial charge in [0.05, 0.1) is 17.3 Å². The molecule has 1 fully saturated rings. The van der Waals surface area contributed by atoms with Gasteiger partial charge in [-0.25, -0.2) is 4.98 Å². The molecule has 1 aliphatic rings. The van der Waals surface area contributed by atoms with Gasteiger partial charge in [0.2, 0.25) is 0 Å². The number of halogens is 1. The predicted octanol–water partition coefficient (Wildman–Crippen LogP) is 4.56. The van der Waals surface area contributed by atoms with E-state index in [2.05, 4.69) is 39.7 Å². The molecular formula is C26H29BrN4O3. The number of ketones is 1. The number of benzene rings is 1. The van der Waals surface area contributed by atoms with Crippen LogP contribution in [0.25, 0.3) is 11.4 Å². The molecule has 0 spiro atoms. The number of aliphatic hydroxyl groups is 1. The number of aryl methyl sites for hydroxylation is 1. The number of carbonyl (C=O) groups excluding carboxylic acids is 2. The second-order valence-electron chi connectivity index (χ2n) is 8.40. The molecule has 1 unspecified atom stereocenters. The molecule has 1 N–H and O–H groups in total. The average molecular weight is 525 g/mol. The van der Waals surface area contributed by atoms with Gasteiger partial charge in [0.15, 0.2) is 5.76 Å². The molecule has 1 amide bonds. The molecule has 34 heavy (non-hydrogen) atoms. The highest BCUT2D eigenvalue weighted by molar-refractivity contribution is 9.10. The number of aromatic nitrogens is 2. The summed E-state index contributed by atoms with van der Waals surface area (Å²) in [5.74, 6) is -1.45. The van der Waals surface area contributed by atoms with E-state index in [4.69, 9.17) is 0 Å². The Balaban J connectivity index is 1.81. The predicted molar refractivity (Wildman–Crippen MR) is 135 cm³/mol. The van der Waals surface area contributed by atoms with E-state index in [1.807, 2.05) is 42.5 Å². The second kappa shape index (κ2) is 10.1. The van der Waals surface area contributed by atoms with E-state index in [1.165, 1.54) is 0 Å². The maximum absolute atomic E-state index is 13.3. The zero-order valence-corrected chi connectivity index (χ0v) is 21.2. The van der Waals surface area contributed by atoms with E-state index in [0.29, 0.717) is 23.6 Å². The van der Waals surface area contributed by atoms with Gasteiger partial charge in [0.1, 0.15) is 11.3 Å². The number of imidazole rings is 1. The molecule has 3 heterocycles. The number of aliphatic hydroxyl groups excluding tert-OH is 1. The number of carbonyl (C=O) groups is 2. The molecule has 1 aromatic carbocycles. The van der Waals surface area contributed by atoms with Gasteiger partial charge in [0, 0.05) is 17.2 Å². The minimum atomic E-state index is -0.668. The average Bonchev–Trinajstić information content (AvgIpc) is 3.30. The van der Waals surface area contributed by atoms with E-state index in [0.717, 1.165) is 36.1 Å². The maximum atomic E-state index is 13.3. The van der Waals surface area contributed by atoms with Crippen LogP contribution >= 0.6 is 15.9 Å². The van der Waals surface area contributed by atoms with Crippen molar-refractivity contribution in [2.24, 2.45) is 0 Å². The fourth-order valence-electron chi connectivity index (χ4n) is 4.63. The molecule has 3 aromatic rings. The van der Waals surface area contributed by atoms with Crippen LogP contribution < -0.4 is 0 Å². The van der Waals surface area contributed by atoms with Crippen LogP contribution in [0.5, 0.6) is 0 Å². The van der Waals surface area contributed by atoms with Gasteiger partial charge < -0.3 is 14.9 Å². The summed E-state index contributed by atoms with van der Waals surface area (Å²) in [6, 6.07) is 12.4. The summed E-state index contributed by atoms with van der Waals surface area (Å²) >= 11 is 3.45. The fourth-order valence-corrected chi connectivity index (χ4v) is 4.90. The lowest BCUT2D eigenvalue weighted by molar-refractivity contribution is -0.140. The Kier molecular flexibility index (Phi) is 7.19. The highest BCUT2D eigenvalue weighted by atomic mass is 79.9. The van der Waals surface area contributed by atoms with Crippen molar-refractivity contribution >= 4 is 39.0 Å². The van der Waals surface area contributed by atoms with E-state index >= 15 is 0 Å². The number of hydrogen-bond acceptors (Lipinski definition) is 5. The zero-order chi connectivity index (χ0) is 24.4. The van der Waals surface area contributed by atoms with Crippen LogP contribution in [0, 0.1) is 6.92 Å². The van der Waals surface area contributed by atoms with Gasteiger partial charge in [-0.3, -0.25) is 14.0 Å². The number of likely N-dealkylation sites (tertiary alicyclic amines) is 1. The van der Waals surface area contributed by atoms with Crippen molar-refractivity contribution in [1.82, 2.24) is 19.2 Å². The van der Waals surface area contributed by atoms with Crippen molar-refractivity contribution in [2.75, 3.05) is 26.2 Å². The first kappa shape index (κ1) is 24.2. The first-order valence-electron chi connectivity index (χ1n) is 11.6. The van der Waals surface area contributed by atoms with Crippen molar-refractivity contribution in [2.45, 2.75) is 33.2 Å². The largest absolute Gasteiger partial charge is 0.505 e. The molecule has 0 radical (unpaired) electrons. The van der Waals surface area contributed by atoms with Crippen LogP contribution in [0.3, 0.4) is 0 Å². The smallest absolute Gasteiger partial charge is 0.295 e. The number of hydrogen-bond donors (Lipinski definition) is 1. The molecule has 0 aliphatic carbocycles. The number of nitrogens with zero attached hydrogens (tertiary/aromatic N) is 4. The summed E-state index contributed by atoms with van der Waals surface area (Å²) in [5.41, 5.74) is 2.56. The first-order valence-corrected chi connectivity index (χ1v) is 12.4. The summed E-state index contributed by atoms with van der Waals surface area (Å²) in [7, 11) is 0. The van der Waals surface area contributed by atoms with E-state index in [1.54, 1.807) is 22.4 Å². The third-order valence-electron chi connectivity index (χ3n) is 6.42. The normalized spacial score (nSPS) is 17.9. The minimum absolute atomic E-state index is 0.101. The first-order chi connectivity index (χ1) is 16.4. The van der Waals surface area contributed by atoms with Gasteiger partial charge in [0.25, 0.3) is 11.7 Å². The minimum Gasteiger partial charge on any atom is -0.505 e. The van der Waals surface area contributed by atoms with Gasteiger partial charge in [-0.15, -0.1) is 0 Å². The van der Waals surface area contributed by atoms with Crippen LogP contribution in [-0.2, 0) is 9.59 Å². The molecule has 7 nitrogen and oxygen atoms in total. The second-order valence-corrected chi connectivity index (χ2v) is 9.31. The number of Topliss-reactive ketones (excluding diaryl/α,β-unsaturated/α-hetero) is 1. The van der Waals surface area contributed by atoms with E-state index < -0.39 is 17.7 Å². The lowest BCUT2D eigenvalue weighted by Gasteiger charge is -2.26.